The summed E-state index contributed by atoms with van der Waals surface area (Å²) in [5.74, 6) is 1.42. The molecule has 0 unspecified atom stereocenters. The van der Waals surface area contributed by atoms with Crippen molar-refractivity contribution in [3.8, 4) is 11.3 Å². The maximum atomic E-state index is 13.2. The Balaban J connectivity index is 1.41. The van der Waals surface area contributed by atoms with E-state index >= 15 is 0 Å². The minimum absolute atomic E-state index is 0.232. The number of aryl methyl sites for hydroxylation is 2. The summed E-state index contributed by atoms with van der Waals surface area (Å²) in [6.45, 7) is 7.14. The first-order chi connectivity index (χ1) is 15.6. The van der Waals surface area contributed by atoms with E-state index in [1.807, 2.05) is 5.38 Å². The number of halogens is 1. The van der Waals surface area contributed by atoms with Gasteiger partial charge >= 0.3 is 0 Å². The standard InChI is InChI=1S/C25H28FN5S/c1-3-21-25(28-13-24-30-22(15-32-24)18-4-6-19(26)7-5-18)31-14-20(16(2)12-23(31)29-21)17-8-10-27-11-9-17/h4-7,12,14-15,17,27-28H,3,8-11,13H2,1-2H3. The molecular weight excluding hydrogens is 421 g/mol. The minimum Gasteiger partial charge on any atom is -0.363 e. The number of aromatic nitrogens is 3. The Morgan fingerprint density at radius 3 is 2.72 bits per heavy atom. The number of benzene rings is 1. The molecule has 0 radical (unpaired) electrons. The van der Waals surface area contributed by atoms with Gasteiger partial charge in [0.25, 0.3) is 0 Å². The van der Waals surface area contributed by atoms with Gasteiger partial charge in [0.1, 0.15) is 22.3 Å². The number of pyridine rings is 1. The van der Waals surface area contributed by atoms with Gasteiger partial charge in [0, 0.05) is 17.1 Å². The number of hydrogen-bond acceptors (Lipinski definition) is 5. The quantitative estimate of drug-likeness (QED) is 0.405. The molecule has 7 heteroatoms. The minimum atomic E-state index is -0.232. The first-order valence-corrected chi connectivity index (χ1v) is 12.2. The third kappa shape index (κ3) is 4.14. The van der Waals surface area contributed by atoms with Gasteiger partial charge in [-0.05, 0) is 86.7 Å². The summed E-state index contributed by atoms with van der Waals surface area (Å²) in [6, 6.07) is 8.70. The number of imidazole rings is 1. The summed E-state index contributed by atoms with van der Waals surface area (Å²) < 4.78 is 15.4. The van der Waals surface area contributed by atoms with Crippen molar-refractivity contribution in [2.75, 3.05) is 18.4 Å². The number of fused-ring (bicyclic) bond motifs is 1. The average molecular weight is 450 g/mol. The molecule has 0 bridgehead atoms. The Morgan fingerprint density at radius 1 is 1.19 bits per heavy atom. The molecule has 0 spiro atoms. The van der Waals surface area contributed by atoms with Crippen molar-refractivity contribution in [3.63, 3.8) is 0 Å². The molecule has 4 heterocycles. The largest absolute Gasteiger partial charge is 0.363 e. The number of piperidine rings is 1. The van der Waals surface area contributed by atoms with E-state index in [1.165, 1.54) is 36.1 Å². The zero-order valence-corrected chi connectivity index (χ0v) is 19.3. The lowest BCUT2D eigenvalue weighted by Crippen LogP contribution is -2.27. The molecule has 4 aromatic rings. The molecule has 3 aromatic heterocycles. The maximum absolute atomic E-state index is 13.2. The second kappa shape index (κ2) is 9.00. The van der Waals surface area contributed by atoms with Gasteiger partial charge < -0.3 is 10.6 Å². The summed E-state index contributed by atoms with van der Waals surface area (Å²) in [5.41, 5.74) is 6.62. The lowest BCUT2D eigenvalue weighted by atomic mass is 9.89. The Labute approximate surface area is 191 Å². The highest BCUT2D eigenvalue weighted by Gasteiger charge is 2.20. The SMILES string of the molecule is CCc1nc2cc(C)c(C3CCNCC3)cn2c1NCc1nc(-c2ccc(F)cc2)cs1. The van der Waals surface area contributed by atoms with Crippen LogP contribution in [-0.4, -0.2) is 27.5 Å². The first-order valence-electron chi connectivity index (χ1n) is 11.3. The number of nitrogens with zero attached hydrogens (tertiary/aromatic N) is 3. The molecule has 1 fully saturated rings. The van der Waals surface area contributed by atoms with Gasteiger partial charge in [-0.25, -0.2) is 14.4 Å². The molecule has 0 atom stereocenters. The Bertz CT molecular complexity index is 1220. The lowest BCUT2D eigenvalue weighted by molar-refractivity contribution is 0.458. The fourth-order valence-corrected chi connectivity index (χ4v) is 5.29. The fraction of sp³-hybridized carbons (Fsp3) is 0.360. The average Bonchev–Trinajstić information content (AvgIpc) is 3.42. The van der Waals surface area contributed by atoms with E-state index in [0.29, 0.717) is 12.5 Å². The highest BCUT2D eigenvalue weighted by atomic mass is 32.1. The highest BCUT2D eigenvalue weighted by Crippen LogP contribution is 2.31. The predicted octanol–water partition coefficient (Wildman–Crippen LogP) is 5.55. The van der Waals surface area contributed by atoms with Crippen molar-refractivity contribution < 1.29 is 4.39 Å². The van der Waals surface area contributed by atoms with Gasteiger partial charge in [0.15, 0.2) is 0 Å². The monoisotopic (exact) mass is 449 g/mol. The van der Waals surface area contributed by atoms with E-state index in [0.717, 1.165) is 52.9 Å². The summed E-state index contributed by atoms with van der Waals surface area (Å²) in [7, 11) is 0. The van der Waals surface area contributed by atoms with Crippen LogP contribution in [0.5, 0.6) is 0 Å². The molecule has 166 valence electrons. The van der Waals surface area contributed by atoms with Crippen LogP contribution in [0.3, 0.4) is 0 Å². The van der Waals surface area contributed by atoms with Gasteiger partial charge in [-0.3, -0.25) is 4.40 Å². The zero-order chi connectivity index (χ0) is 22.1. The molecule has 1 aliphatic heterocycles. The third-order valence-corrected chi connectivity index (χ3v) is 7.14. The van der Waals surface area contributed by atoms with E-state index < -0.39 is 0 Å². The van der Waals surface area contributed by atoms with Crippen molar-refractivity contribution in [2.45, 2.75) is 45.6 Å². The third-order valence-electron chi connectivity index (χ3n) is 6.29. The Hall–Kier alpha value is -2.77. The predicted molar refractivity (Wildman–Crippen MR) is 129 cm³/mol. The van der Waals surface area contributed by atoms with E-state index in [4.69, 9.17) is 9.97 Å². The fourth-order valence-electron chi connectivity index (χ4n) is 4.55. The van der Waals surface area contributed by atoms with Crippen LogP contribution >= 0.6 is 11.3 Å². The maximum Gasteiger partial charge on any atom is 0.138 e. The number of anilines is 1. The van der Waals surface area contributed by atoms with Gasteiger partial charge in [0.05, 0.1) is 17.9 Å². The molecule has 5 rings (SSSR count). The van der Waals surface area contributed by atoms with Crippen molar-refractivity contribution in [1.82, 2.24) is 19.7 Å². The van der Waals surface area contributed by atoms with Gasteiger partial charge in [-0.2, -0.15) is 0 Å². The summed E-state index contributed by atoms with van der Waals surface area (Å²) in [5, 5.41) is 10.1. The second-order valence-electron chi connectivity index (χ2n) is 8.41. The van der Waals surface area contributed by atoms with Crippen molar-refractivity contribution in [2.24, 2.45) is 0 Å². The molecule has 0 saturated carbocycles. The molecule has 1 aromatic carbocycles. The topological polar surface area (TPSA) is 54.2 Å². The van der Waals surface area contributed by atoms with Crippen LogP contribution in [0, 0.1) is 12.7 Å². The number of rotatable bonds is 6. The first kappa shape index (κ1) is 21.1. The van der Waals surface area contributed by atoms with Crippen molar-refractivity contribution >= 4 is 22.8 Å². The summed E-state index contributed by atoms with van der Waals surface area (Å²) >= 11 is 1.61. The summed E-state index contributed by atoms with van der Waals surface area (Å²) in [6.07, 6.45) is 5.51. The molecule has 0 aliphatic carbocycles. The van der Waals surface area contributed by atoms with Crippen LogP contribution < -0.4 is 10.6 Å². The lowest BCUT2D eigenvalue weighted by Gasteiger charge is -2.24. The summed E-state index contributed by atoms with van der Waals surface area (Å²) in [4.78, 5) is 9.63. The molecule has 2 N–H and O–H groups in total. The Kier molecular flexibility index (Phi) is 5.93. The number of nitrogens with one attached hydrogen (secondary N) is 2. The molecular formula is C25H28FN5S. The smallest absolute Gasteiger partial charge is 0.138 e. The molecule has 1 saturated heterocycles. The van der Waals surface area contributed by atoms with E-state index in [2.05, 4.69) is 41.1 Å². The van der Waals surface area contributed by atoms with Crippen LogP contribution in [-0.2, 0) is 13.0 Å². The molecule has 0 amide bonds. The van der Waals surface area contributed by atoms with Crippen molar-refractivity contribution in [1.29, 1.82) is 0 Å². The molecule has 5 nitrogen and oxygen atoms in total. The molecule has 1 aliphatic rings. The van der Waals surface area contributed by atoms with Crippen LogP contribution in [0.15, 0.2) is 41.9 Å². The number of thiazole rings is 1. The van der Waals surface area contributed by atoms with Gasteiger partial charge in [0.2, 0.25) is 0 Å². The van der Waals surface area contributed by atoms with Crippen LogP contribution in [0.2, 0.25) is 0 Å². The second-order valence-corrected chi connectivity index (χ2v) is 9.35. The highest BCUT2D eigenvalue weighted by molar-refractivity contribution is 7.09. The van der Waals surface area contributed by atoms with Crippen LogP contribution in [0.4, 0.5) is 10.2 Å². The van der Waals surface area contributed by atoms with Crippen molar-refractivity contribution in [3.05, 3.63) is 69.6 Å². The van der Waals surface area contributed by atoms with E-state index in [-0.39, 0.29) is 5.82 Å². The molecule has 32 heavy (non-hydrogen) atoms. The zero-order valence-electron chi connectivity index (χ0n) is 18.5. The normalized spacial score (nSPS) is 14.8. The number of hydrogen-bond donors (Lipinski definition) is 2. The Morgan fingerprint density at radius 2 is 1.97 bits per heavy atom. The van der Waals surface area contributed by atoms with Crippen LogP contribution in [0.25, 0.3) is 16.9 Å². The van der Waals surface area contributed by atoms with Crippen LogP contribution in [0.1, 0.15) is 47.5 Å². The van der Waals surface area contributed by atoms with E-state index in [9.17, 15) is 4.39 Å². The van der Waals surface area contributed by atoms with Gasteiger partial charge in [-0.15, -0.1) is 11.3 Å². The van der Waals surface area contributed by atoms with Gasteiger partial charge in [-0.1, -0.05) is 6.92 Å². The van der Waals surface area contributed by atoms with E-state index in [1.54, 1.807) is 23.5 Å².